The summed E-state index contributed by atoms with van der Waals surface area (Å²) in [6.45, 7) is 3.13. The minimum absolute atomic E-state index is 0.128. The van der Waals surface area contributed by atoms with E-state index in [9.17, 15) is 18.0 Å². The number of nitrogens with zero attached hydrogens (tertiary/aromatic N) is 1. The first-order valence-corrected chi connectivity index (χ1v) is 8.08. The average Bonchev–Trinajstić information content (AvgIpc) is 2.83. The van der Waals surface area contributed by atoms with E-state index in [2.05, 4.69) is 0 Å². The number of rotatable bonds is 2. The molecule has 6 heteroatoms. The molecule has 2 aromatic rings. The Labute approximate surface area is 127 Å². The van der Waals surface area contributed by atoms with E-state index in [1.807, 2.05) is 0 Å². The van der Waals surface area contributed by atoms with Crippen molar-refractivity contribution in [3.05, 3.63) is 58.9 Å². The van der Waals surface area contributed by atoms with Crippen molar-refractivity contribution in [2.24, 2.45) is 0 Å². The lowest BCUT2D eigenvalue weighted by molar-refractivity contribution is -0.111. The van der Waals surface area contributed by atoms with Crippen molar-refractivity contribution in [3.63, 3.8) is 0 Å². The lowest BCUT2D eigenvalue weighted by atomic mass is 9.94. The summed E-state index contributed by atoms with van der Waals surface area (Å²) in [6, 6.07) is 7.96. The third-order valence-corrected chi connectivity index (χ3v) is 5.33. The smallest absolute Gasteiger partial charge is 0.268 e. The van der Waals surface area contributed by atoms with Crippen molar-refractivity contribution >= 4 is 27.7 Å². The number of fused-ring (bicyclic) bond motifs is 1. The molecule has 1 heterocycles. The van der Waals surface area contributed by atoms with Gasteiger partial charge >= 0.3 is 0 Å². The van der Waals surface area contributed by atoms with E-state index in [0.29, 0.717) is 5.56 Å². The van der Waals surface area contributed by atoms with Crippen LogP contribution < -0.4 is 0 Å². The topological polar surface area (TPSA) is 73.2 Å². The van der Waals surface area contributed by atoms with E-state index >= 15 is 0 Å². The lowest BCUT2D eigenvalue weighted by Crippen LogP contribution is -2.22. The lowest BCUT2D eigenvalue weighted by Gasteiger charge is -2.13. The minimum atomic E-state index is -3.82. The summed E-state index contributed by atoms with van der Waals surface area (Å²) in [5.74, 6) is -1.25. The van der Waals surface area contributed by atoms with Crippen molar-refractivity contribution in [2.45, 2.75) is 18.7 Å². The van der Waals surface area contributed by atoms with E-state index in [4.69, 9.17) is 0 Å². The average molecular weight is 315 g/mol. The first kappa shape index (κ1) is 14.5. The number of aryl methyl sites for hydroxylation is 1. The number of ketones is 2. The monoisotopic (exact) mass is 315 g/mol. The summed E-state index contributed by atoms with van der Waals surface area (Å²) in [7, 11) is -3.82. The molecule has 112 valence electrons. The van der Waals surface area contributed by atoms with Crippen LogP contribution in [0.4, 0.5) is 0 Å². The fourth-order valence-corrected chi connectivity index (χ4v) is 3.95. The summed E-state index contributed by atoms with van der Waals surface area (Å²) in [6.07, 6.45) is 2.83. The van der Waals surface area contributed by atoms with Gasteiger partial charge in [0.2, 0.25) is 11.6 Å². The molecule has 0 unspecified atom stereocenters. The highest BCUT2D eigenvalue weighted by Gasteiger charge is 2.32. The first-order chi connectivity index (χ1) is 10.3. The number of benzene rings is 1. The standard InChI is InChI=1S/C16H13NO4S/c1-10-8-13-14(16(19)15(10)18)11(2)9-17(13)22(20,21)12-6-4-3-5-7-12/h3-9H,1-2H3. The maximum Gasteiger partial charge on any atom is 0.268 e. The Kier molecular flexibility index (Phi) is 3.14. The van der Waals surface area contributed by atoms with Gasteiger partial charge in [0.1, 0.15) is 0 Å². The van der Waals surface area contributed by atoms with E-state index in [1.165, 1.54) is 31.3 Å². The summed E-state index contributed by atoms with van der Waals surface area (Å²) >= 11 is 0. The third-order valence-electron chi connectivity index (χ3n) is 3.64. The quantitative estimate of drug-likeness (QED) is 0.796. The molecule has 1 aliphatic carbocycles. The summed E-state index contributed by atoms with van der Waals surface area (Å²) < 4.78 is 26.6. The van der Waals surface area contributed by atoms with Gasteiger partial charge in [0.15, 0.2) is 0 Å². The van der Waals surface area contributed by atoms with Crippen LogP contribution in [0, 0.1) is 6.92 Å². The zero-order valence-corrected chi connectivity index (χ0v) is 12.8. The number of carbonyl (C=O) groups excluding carboxylic acids is 2. The van der Waals surface area contributed by atoms with Crippen LogP contribution >= 0.6 is 0 Å². The van der Waals surface area contributed by atoms with Gasteiger partial charge in [-0.2, -0.15) is 0 Å². The molecule has 0 saturated carbocycles. The van der Waals surface area contributed by atoms with Crippen LogP contribution in [-0.4, -0.2) is 24.0 Å². The molecular formula is C16H13NO4S. The zero-order chi connectivity index (χ0) is 16.1. The minimum Gasteiger partial charge on any atom is -0.285 e. The second kappa shape index (κ2) is 4.78. The first-order valence-electron chi connectivity index (χ1n) is 6.64. The molecule has 1 aliphatic rings. The Balaban J connectivity index is 2.30. The Hall–Kier alpha value is -2.47. The van der Waals surface area contributed by atoms with Gasteiger partial charge in [-0.15, -0.1) is 0 Å². The molecule has 0 amide bonds. The van der Waals surface area contributed by atoms with Gasteiger partial charge in [-0.05, 0) is 37.6 Å². The second-order valence-corrected chi connectivity index (χ2v) is 6.99. The molecule has 0 aliphatic heterocycles. The van der Waals surface area contributed by atoms with Crippen LogP contribution in [-0.2, 0) is 14.8 Å². The molecule has 5 nitrogen and oxygen atoms in total. The van der Waals surface area contributed by atoms with Gasteiger partial charge in [-0.25, -0.2) is 12.4 Å². The molecule has 0 N–H and O–H groups in total. The highest BCUT2D eigenvalue weighted by Crippen LogP contribution is 2.29. The maximum absolute atomic E-state index is 12.8. The molecule has 0 bridgehead atoms. The molecular weight excluding hydrogens is 302 g/mol. The van der Waals surface area contributed by atoms with Crippen molar-refractivity contribution in [1.29, 1.82) is 0 Å². The normalized spacial score (nSPS) is 14.7. The predicted molar refractivity (Wildman–Crippen MR) is 81.2 cm³/mol. The predicted octanol–water partition coefficient (Wildman–Crippen LogP) is 2.20. The zero-order valence-electron chi connectivity index (χ0n) is 12.0. The van der Waals surface area contributed by atoms with E-state index < -0.39 is 21.6 Å². The molecule has 0 spiro atoms. The maximum atomic E-state index is 12.8. The van der Waals surface area contributed by atoms with Gasteiger partial charge in [0, 0.05) is 11.8 Å². The van der Waals surface area contributed by atoms with Gasteiger partial charge < -0.3 is 0 Å². The van der Waals surface area contributed by atoms with E-state index in [1.54, 1.807) is 25.1 Å². The Morgan fingerprint density at radius 2 is 1.59 bits per heavy atom. The SMILES string of the molecule is CC1=Cc2c(c(C)cn2S(=O)(=O)c2ccccc2)C(=O)C1=O. The summed E-state index contributed by atoms with van der Waals surface area (Å²) in [4.78, 5) is 24.0. The van der Waals surface area contributed by atoms with Crippen molar-refractivity contribution in [3.8, 4) is 0 Å². The Bertz CT molecular complexity index is 934. The number of carbonyl (C=O) groups is 2. The Morgan fingerprint density at radius 1 is 0.955 bits per heavy atom. The van der Waals surface area contributed by atoms with Gasteiger partial charge in [0.25, 0.3) is 10.0 Å². The molecule has 0 fully saturated rings. The summed E-state index contributed by atoms with van der Waals surface area (Å²) in [5.41, 5.74) is 1.11. The Morgan fingerprint density at radius 3 is 2.23 bits per heavy atom. The highest BCUT2D eigenvalue weighted by atomic mass is 32.2. The van der Waals surface area contributed by atoms with Crippen molar-refractivity contribution < 1.29 is 18.0 Å². The molecule has 22 heavy (non-hydrogen) atoms. The van der Waals surface area contributed by atoms with E-state index in [-0.39, 0.29) is 21.7 Å². The number of hydrogen-bond acceptors (Lipinski definition) is 4. The number of aromatic nitrogens is 1. The largest absolute Gasteiger partial charge is 0.285 e. The van der Waals surface area contributed by atoms with Gasteiger partial charge in [-0.3, -0.25) is 9.59 Å². The molecule has 0 atom stereocenters. The van der Waals surface area contributed by atoms with Crippen molar-refractivity contribution in [2.75, 3.05) is 0 Å². The van der Waals surface area contributed by atoms with Crippen LogP contribution in [0.1, 0.15) is 28.5 Å². The summed E-state index contributed by atoms with van der Waals surface area (Å²) in [5, 5.41) is 0. The number of Topliss-reactive ketones (excluding diaryl/α,β-unsaturated/α-hetero) is 2. The number of allylic oxidation sites excluding steroid dienone is 1. The fraction of sp³-hybridized carbons (Fsp3) is 0.125. The van der Waals surface area contributed by atoms with Crippen LogP contribution in [0.15, 0.2) is 47.0 Å². The number of hydrogen-bond donors (Lipinski definition) is 0. The van der Waals surface area contributed by atoms with Crippen LogP contribution in [0.2, 0.25) is 0 Å². The van der Waals surface area contributed by atoms with E-state index in [0.717, 1.165) is 3.97 Å². The van der Waals surface area contributed by atoms with Crippen LogP contribution in [0.3, 0.4) is 0 Å². The van der Waals surface area contributed by atoms with Crippen LogP contribution in [0.5, 0.6) is 0 Å². The van der Waals surface area contributed by atoms with Gasteiger partial charge in [0.05, 0.1) is 16.2 Å². The molecule has 3 rings (SSSR count). The molecule has 1 aromatic carbocycles. The second-order valence-electron chi connectivity index (χ2n) is 5.17. The van der Waals surface area contributed by atoms with Crippen LogP contribution in [0.25, 0.3) is 6.08 Å². The fourth-order valence-electron chi connectivity index (χ4n) is 2.52. The van der Waals surface area contributed by atoms with Gasteiger partial charge in [-0.1, -0.05) is 18.2 Å². The van der Waals surface area contributed by atoms with Crippen molar-refractivity contribution in [1.82, 2.24) is 3.97 Å². The highest BCUT2D eigenvalue weighted by molar-refractivity contribution is 7.90. The third kappa shape index (κ3) is 1.95. The molecule has 0 radical (unpaired) electrons. The molecule has 0 saturated heterocycles. The molecule has 1 aromatic heterocycles.